The highest BCUT2D eigenvalue weighted by Crippen LogP contribution is 2.14. The zero-order valence-electron chi connectivity index (χ0n) is 6.23. The number of amidine groups is 1. The number of nitrogens with zero attached hydrogens (tertiary/aromatic N) is 1. The second-order valence-electron chi connectivity index (χ2n) is 1.96. The lowest BCUT2D eigenvalue weighted by atomic mass is 10.4. The van der Waals surface area contributed by atoms with Gasteiger partial charge in [0.15, 0.2) is 5.84 Å². The largest absolute Gasteiger partial charge is 0.409 e. The fourth-order valence-electron chi connectivity index (χ4n) is 0.675. The Labute approximate surface area is 80.3 Å². The highest BCUT2D eigenvalue weighted by molar-refractivity contribution is 7.14. The predicted molar refractivity (Wildman–Crippen MR) is 52.0 cm³/mol. The van der Waals surface area contributed by atoms with Crippen LogP contribution in [0.2, 0.25) is 0 Å². The zero-order chi connectivity index (χ0) is 8.27. The van der Waals surface area contributed by atoms with Gasteiger partial charge in [-0.1, -0.05) is 5.16 Å². The molecule has 0 fully saturated rings. The fourth-order valence-corrected chi connectivity index (χ4v) is 1.46. The smallest absolute Gasteiger partial charge is 0.180 e. The van der Waals surface area contributed by atoms with E-state index in [1.54, 1.807) is 6.07 Å². The molecular weight excluding hydrogens is 198 g/mol. The van der Waals surface area contributed by atoms with Gasteiger partial charge in [0.1, 0.15) is 0 Å². The maximum absolute atomic E-state index is 8.31. The van der Waals surface area contributed by atoms with Crippen molar-refractivity contribution in [3.8, 4) is 0 Å². The zero-order valence-corrected chi connectivity index (χ0v) is 7.86. The van der Waals surface area contributed by atoms with Crippen molar-refractivity contribution in [2.45, 2.75) is 6.54 Å². The van der Waals surface area contributed by atoms with Gasteiger partial charge in [0.25, 0.3) is 0 Å². The van der Waals surface area contributed by atoms with Crippen molar-refractivity contribution >= 4 is 29.6 Å². The first kappa shape index (κ1) is 11.2. The quantitative estimate of drug-likeness (QED) is 0.289. The lowest BCUT2D eigenvalue weighted by Crippen LogP contribution is -2.10. The molecule has 68 valence electrons. The van der Waals surface area contributed by atoms with Gasteiger partial charge in [-0.2, -0.15) is 0 Å². The number of hydrogen-bond donors (Lipinski definition) is 3. The van der Waals surface area contributed by atoms with Crippen LogP contribution >= 0.6 is 23.7 Å². The average molecular weight is 208 g/mol. The Morgan fingerprint density at radius 3 is 2.67 bits per heavy atom. The van der Waals surface area contributed by atoms with Crippen molar-refractivity contribution in [3.63, 3.8) is 0 Å². The van der Waals surface area contributed by atoms with Gasteiger partial charge in [-0.05, 0) is 12.1 Å². The minimum absolute atomic E-state index is 0. The summed E-state index contributed by atoms with van der Waals surface area (Å²) in [5, 5.41) is 11.2. The van der Waals surface area contributed by atoms with Crippen LogP contribution in [0.25, 0.3) is 0 Å². The second kappa shape index (κ2) is 4.97. The molecule has 0 amide bonds. The number of nitrogens with two attached hydrogens (primary N) is 2. The standard InChI is InChI=1S/C6H9N3OS.ClH/c7-3-4-1-2-5(11-4)6(8)9-10;/h1-2,10H,3,7H2,(H2,8,9);1H. The summed E-state index contributed by atoms with van der Waals surface area (Å²) in [4.78, 5) is 1.76. The molecular formula is C6H10ClN3OS. The molecule has 0 spiro atoms. The van der Waals surface area contributed by atoms with E-state index in [-0.39, 0.29) is 18.2 Å². The van der Waals surface area contributed by atoms with Crippen LogP contribution < -0.4 is 11.5 Å². The first-order valence-electron chi connectivity index (χ1n) is 3.04. The van der Waals surface area contributed by atoms with Crippen LogP contribution in [-0.2, 0) is 6.54 Å². The third kappa shape index (κ3) is 2.37. The Balaban J connectivity index is 0.00000121. The van der Waals surface area contributed by atoms with E-state index in [0.717, 1.165) is 9.75 Å². The summed E-state index contributed by atoms with van der Waals surface area (Å²) in [7, 11) is 0. The van der Waals surface area contributed by atoms with Gasteiger partial charge in [0.2, 0.25) is 0 Å². The van der Waals surface area contributed by atoms with Crippen LogP contribution in [0.3, 0.4) is 0 Å². The molecule has 0 aliphatic carbocycles. The fraction of sp³-hybridized carbons (Fsp3) is 0.167. The summed E-state index contributed by atoms with van der Waals surface area (Å²) in [6.45, 7) is 0.489. The molecule has 12 heavy (non-hydrogen) atoms. The summed E-state index contributed by atoms with van der Waals surface area (Å²) >= 11 is 1.42. The van der Waals surface area contributed by atoms with Crippen molar-refractivity contribution in [1.82, 2.24) is 0 Å². The molecule has 0 radical (unpaired) electrons. The molecule has 4 nitrogen and oxygen atoms in total. The summed E-state index contributed by atoms with van der Waals surface area (Å²) < 4.78 is 0. The Morgan fingerprint density at radius 2 is 2.25 bits per heavy atom. The van der Waals surface area contributed by atoms with Gasteiger partial charge < -0.3 is 16.7 Å². The Hall–Kier alpha value is -0.780. The number of hydrogen-bond acceptors (Lipinski definition) is 4. The Bertz CT molecular complexity index is 274. The molecule has 1 aromatic heterocycles. The molecule has 0 atom stereocenters. The molecule has 5 N–H and O–H groups in total. The van der Waals surface area contributed by atoms with Crippen LogP contribution in [0.5, 0.6) is 0 Å². The molecule has 0 saturated heterocycles. The third-order valence-corrected chi connectivity index (χ3v) is 2.35. The topological polar surface area (TPSA) is 84.6 Å². The Kier molecular flexibility index (Phi) is 4.65. The van der Waals surface area contributed by atoms with Gasteiger partial charge in [0.05, 0.1) is 4.88 Å². The van der Waals surface area contributed by atoms with Crippen molar-refractivity contribution < 1.29 is 5.21 Å². The van der Waals surface area contributed by atoms with Crippen LogP contribution in [0.1, 0.15) is 9.75 Å². The highest BCUT2D eigenvalue weighted by atomic mass is 35.5. The molecule has 0 bridgehead atoms. The van der Waals surface area contributed by atoms with Gasteiger partial charge >= 0.3 is 0 Å². The lowest BCUT2D eigenvalue weighted by Gasteiger charge is -1.89. The van der Waals surface area contributed by atoms with E-state index in [1.165, 1.54) is 11.3 Å². The highest BCUT2D eigenvalue weighted by Gasteiger charge is 2.01. The number of oxime groups is 1. The van der Waals surface area contributed by atoms with E-state index in [4.69, 9.17) is 16.7 Å². The molecule has 0 saturated carbocycles. The van der Waals surface area contributed by atoms with E-state index in [0.29, 0.717) is 6.54 Å². The first-order valence-corrected chi connectivity index (χ1v) is 3.86. The lowest BCUT2D eigenvalue weighted by molar-refractivity contribution is 0.319. The maximum Gasteiger partial charge on any atom is 0.180 e. The average Bonchev–Trinajstić information content (AvgIpc) is 2.50. The van der Waals surface area contributed by atoms with Gasteiger partial charge in [-0.3, -0.25) is 0 Å². The minimum Gasteiger partial charge on any atom is -0.409 e. The number of thiophene rings is 1. The molecule has 1 rings (SSSR count). The predicted octanol–water partition coefficient (Wildman–Crippen LogP) is 0.723. The van der Waals surface area contributed by atoms with Crippen molar-refractivity contribution in [1.29, 1.82) is 0 Å². The third-order valence-electron chi connectivity index (χ3n) is 1.22. The Morgan fingerprint density at radius 1 is 1.58 bits per heavy atom. The van der Waals surface area contributed by atoms with Crippen molar-refractivity contribution in [2.75, 3.05) is 0 Å². The van der Waals surface area contributed by atoms with Gasteiger partial charge in [-0.25, -0.2) is 0 Å². The van der Waals surface area contributed by atoms with Crippen molar-refractivity contribution in [2.24, 2.45) is 16.6 Å². The van der Waals surface area contributed by atoms with Crippen LogP contribution in [0.4, 0.5) is 0 Å². The minimum atomic E-state index is 0. The van der Waals surface area contributed by atoms with E-state index in [9.17, 15) is 0 Å². The summed E-state index contributed by atoms with van der Waals surface area (Å²) in [6, 6.07) is 3.64. The van der Waals surface area contributed by atoms with E-state index >= 15 is 0 Å². The SMILES string of the molecule is Cl.NCc1ccc(C(N)=NO)s1. The molecule has 1 aromatic rings. The normalized spacial score (nSPS) is 10.9. The second-order valence-corrected chi connectivity index (χ2v) is 3.12. The monoisotopic (exact) mass is 207 g/mol. The summed E-state index contributed by atoms with van der Waals surface area (Å²) in [5.74, 6) is 0.134. The van der Waals surface area contributed by atoms with E-state index < -0.39 is 0 Å². The number of halogens is 1. The van der Waals surface area contributed by atoms with E-state index in [2.05, 4.69) is 5.16 Å². The number of rotatable bonds is 2. The molecule has 0 aliphatic heterocycles. The maximum atomic E-state index is 8.31. The molecule has 0 unspecified atom stereocenters. The van der Waals surface area contributed by atoms with Gasteiger partial charge in [-0.15, -0.1) is 23.7 Å². The van der Waals surface area contributed by atoms with E-state index in [1.807, 2.05) is 6.07 Å². The molecule has 0 aliphatic rings. The molecule has 0 aromatic carbocycles. The summed E-state index contributed by atoms with van der Waals surface area (Å²) in [5.41, 5.74) is 10.7. The van der Waals surface area contributed by atoms with Crippen LogP contribution in [-0.4, -0.2) is 11.0 Å². The van der Waals surface area contributed by atoms with Crippen LogP contribution in [0.15, 0.2) is 17.3 Å². The van der Waals surface area contributed by atoms with Crippen LogP contribution in [0, 0.1) is 0 Å². The summed E-state index contributed by atoms with van der Waals surface area (Å²) in [6.07, 6.45) is 0. The molecule has 6 heteroatoms. The first-order chi connectivity index (χ1) is 5.27. The molecule has 1 heterocycles. The van der Waals surface area contributed by atoms with Gasteiger partial charge in [0, 0.05) is 11.4 Å². The van der Waals surface area contributed by atoms with Crippen molar-refractivity contribution in [3.05, 3.63) is 21.9 Å².